The summed E-state index contributed by atoms with van der Waals surface area (Å²) in [4.78, 5) is 9.58. The Morgan fingerprint density at radius 1 is 1.06 bits per heavy atom. The molecule has 2 fully saturated rings. The summed E-state index contributed by atoms with van der Waals surface area (Å²) in [5.41, 5.74) is 7.36. The topological polar surface area (TPSA) is 71.8 Å². The fourth-order valence-electron chi connectivity index (χ4n) is 5.13. The third kappa shape index (κ3) is 4.85. The van der Waals surface area contributed by atoms with E-state index in [0.717, 1.165) is 56.1 Å². The number of anilines is 1. The van der Waals surface area contributed by atoms with Crippen molar-refractivity contribution < 1.29 is 0 Å². The number of benzene rings is 2. The molecule has 1 aliphatic carbocycles. The van der Waals surface area contributed by atoms with Crippen LogP contribution in [0.5, 0.6) is 0 Å². The van der Waals surface area contributed by atoms with E-state index in [0.29, 0.717) is 11.8 Å². The number of piperidine rings is 1. The Kier molecular flexibility index (Phi) is 6.38. The zero-order chi connectivity index (χ0) is 23.7. The van der Waals surface area contributed by atoms with Gasteiger partial charge < -0.3 is 9.80 Å². The first-order valence-corrected chi connectivity index (χ1v) is 12.5. The molecule has 6 nitrogen and oxygen atoms in total. The maximum Gasteiger partial charge on any atom is 0.181 e. The molecule has 34 heavy (non-hydrogen) atoms. The monoisotopic (exact) mass is 454 g/mol. The van der Waals surface area contributed by atoms with Gasteiger partial charge in [0.2, 0.25) is 0 Å². The van der Waals surface area contributed by atoms with Gasteiger partial charge in [-0.1, -0.05) is 18.2 Å². The number of rotatable bonds is 7. The van der Waals surface area contributed by atoms with Crippen molar-refractivity contribution in [3.05, 3.63) is 64.5 Å². The number of H-pyrrole nitrogens is 1. The molecule has 1 saturated carbocycles. The molecule has 1 N–H and O–H groups in total. The van der Waals surface area contributed by atoms with Gasteiger partial charge in [0.15, 0.2) is 5.82 Å². The lowest BCUT2D eigenvalue weighted by atomic mass is 9.88. The van der Waals surface area contributed by atoms with Crippen molar-refractivity contribution in [2.75, 3.05) is 38.6 Å². The lowest BCUT2D eigenvalue weighted by Crippen LogP contribution is -2.33. The van der Waals surface area contributed by atoms with Crippen molar-refractivity contribution in [2.24, 2.45) is 0 Å². The zero-order valence-corrected chi connectivity index (χ0v) is 20.5. The number of aromatic amines is 1. The zero-order valence-electron chi connectivity index (χ0n) is 20.5. The van der Waals surface area contributed by atoms with E-state index in [4.69, 9.17) is 10.2 Å². The van der Waals surface area contributed by atoms with E-state index in [2.05, 4.69) is 71.4 Å². The first-order chi connectivity index (χ1) is 16.5. The second-order valence-electron chi connectivity index (χ2n) is 10.2. The van der Waals surface area contributed by atoms with Gasteiger partial charge in [-0.25, -0.2) is 4.98 Å². The number of hydrogen-bond donors (Lipinski definition) is 1. The minimum atomic E-state index is 0.557. The van der Waals surface area contributed by atoms with E-state index in [9.17, 15) is 0 Å². The standard InChI is InChI=1S/C28H34N6/c1-19-16-24(23-8-9-23)25(28-30-27(31-32-28)12-13-33(2)3)17-26(19)34-14-10-22(11-15-34)21-6-4-20(18-29)5-7-21/h4-7,16-17,22-23H,8-15H2,1-3H3,(H,30,31,32). The molecule has 176 valence electrons. The molecule has 1 saturated heterocycles. The Morgan fingerprint density at radius 3 is 2.44 bits per heavy atom. The van der Waals surface area contributed by atoms with Crippen LogP contribution in [0.4, 0.5) is 5.69 Å². The highest BCUT2D eigenvalue weighted by Gasteiger charge is 2.30. The predicted octanol–water partition coefficient (Wildman–Crippen LogP) is 5.02. The molecule has 0 spiro atoms. The highest BCUT2D eigenvalue weighted by molar-refractivity contribution is 5.71. The minimum absolute atomic E-state index is 0.557. The molecule has 6 heteroatoms. The highest BCUT2D eigenvalue weighted by atomic mass is 15.2. The first-order valence-electron chi connectivity index (χ1n) is 12.5. The smallest absolute Gasteiger partial charge is 0.181 e. The summed E-state index contributed by atoms with van der Waals surface area (Å²) in [6.45, 7) is 5.28. The maximum atomic E-state index is 9.07. The van der Waals surface area contributed by atoms with Crippen LogP contribution in [0.2, 0.25) is 0 Å². The molecule has 5 rings (SSSR count). The SMILES string of the molecule is Cc1cc(C2CC2)c(-c2n[nH]c(CCN(C)C)n2)cc1N1CCC(c2ccc(C#N)cc2)CC1. The lowest BCUT2D eigenvalue weighted by molar-refractivity contribution is 0.410. The Bertz CT molecular complexity index is 1170. The number of hydrogen-bond acceptors (Lipinski definition) is 5. The van der Waals surface area contributed by atoms with Crippen LogP contribution in [0, 0.1) is 18.3 Å². The third-order valence-electron chi connectivity index (χ3n) is 7.30. The summed E-state index contributed by atoms with van der Waals surface area (Å²) in [5.74, 6) is 3.00. The Balaban J connectivity index is 1.36. The van der Waals surface area contributed by atoms with Crippen molar-refractivity contribution >= 4 is 5.69 Å². The third-order valence-corrected chi connectivity index (χ3v) is 7.30. The molecular weight excluding hydrogens is 420 g/mol. The second kappa shape index (κ2) is 9.60. The maximum absolute atomic E-state index is 9.07. The van der Waals surface area contributed by atoms with Gasteiger partial charge >= 0.3 is 0 Å². The average molecular weight is 455 g/mol. The van der Waals surface area contributed by atoms with Crippen LogP contribution < -0.4 is 4.90 Å². The van der Waals surface area contributed by atoms with Crippen LogP contribution in [0.3, 0.4) is 0 Å². The summed E-state index contributed by atoms with van der Waals surface area (Å²) >= 11 is 0. The summed E-state index contributed by atoms with van der Waals surface area (Å²) in [7, 11) is 4.17. The van der Waals surface area contributed by atoms with Gasteiger partial charge in [-0.3, -0.25) is 5.10 Å². The van der Waals surface area contributed by atoms with E-state index >= 15 is 0 Å². The van der Waals surface area contributed by atoms with Crippen molar-refractivity contribution in [3.8, 4) is 17.5 Å². The van der Waals surface area contributed by atoms with Gasteiger partial charge in [0, 0.05) is 37.3 Å². The molecule has 1 aromatic heterocycles. The number of nitriles is 1. The second-order valence-corrected chi connectivity index (χ2v) is 10.2. The minimum Gasteiger partial charge on any atom is -0.371 e. The Morgan fingerprint density at radius 2 is 1.79 bits per heavy atom. The van der Waals surface area contributed by atoms with Crippen LogP contribution in [0.25, 0.3) is 11.4 Å². The molecule has 2 aliphatic rings. The van der Waals surface area contributed by atoms with Gasteiger partial charge in [-0.15, -0.1) is 0 Å². The van der Waals surface area contributed by atoms with E-state index < -0.39 is 0 Å². The fourth-order valence-corrected chi connectivity index (χ4v) is 5.13. The van der Waals surface area contributed by atoms with Gasteiger partial charge in [0.05, 0.1) is 11.6 Å². The Hall–Kier alpha value is -3.17. The molecule has 0 amide bonds. The molecule has 0 atom stereocenters. The average Bonchev–Trinajstić information content (AvgIpc) is 3.60. The van der Waals surface area contributed by atoms with Crippen molar-refractivity contribution in [1.29, 1.82) is 5.26 Å². The summed E-state index contributed by atoms with van der Waals surface area (Å²) in [6.07, 6.45) is 5.65. The molecule has 0 bridgehead atoms. The van der Waals surface area contributed by atoms with E-state index in [1.54, 1.807) is 0 Å². The fraction of sp³-hybridized carbons (Fsp3) is 0.464. The number of nitrogens with zero attached hydrogens (tertiary/aromatic N) is 5. The predicted molar refractivity (Wildman–Crippen MR) is 136 cm³/mol. The largest absolute Gasteiger partial charge is 0.371 e. The molecule has 1 aliphatic heterocycles. The molecular formula is C28H34N6. The highest BCUT2D eigenvalue weighted by Crippen LogP contribution is 2.46. The van der Waals surface area contributed by atoms with Gasteiger partial charge in [0.25, 0.3) is 0 Å². The Labute approximate surface area is 202 Å². The van der Waals surface area contributed by atoms with E-state index in [1.807, 2.05) is 12.1 Å². The summed E-state index contributed by atoms with van der Waals surface area (Å²) < 4.78 is 0. The molecule has 2 heterocycles. The first kappa shape index (κ1) is 22.6. The van der Waals surface area contributed by atoms with Crippen LogP contribution >= 0.6 is 0 Å². The van der Waals surface area contributed by atoms with E-state index in [1.165, 1.54) is 40.8 Å². The summed E-state index contributed by atoms with van der Waals surface area (Å²) in [6, 6.07) is 15.1. The quantitative estimate of drug-likeness (QED) is 0.543. The molecule has 3 aromatic rings. The van der Waals surface area contributed by atoms with Gasteiger partial charge in [-0.2, -0.15) is 10.4 Å². The lowest BCUT2D eigenvalue weighted by Gasteiger charge is -2.35. The normalized spacial score (nSPS) is 16.7. The summed E-state index contributed by atoms with van der Waals surface area (Å²) in [5, 5.41) is 16.9. The van der Waals surface area contributed by atoms with Crippen LogP contribution in [-0.2, 0) is 6.42 Å². The van der Waals surface area contributed by atoms with E-state index in [-0.39, 0.29) is 0 Å². The van der Waals surface area contributed by atoms with Crippen molar-refractivity contribution in [3.63, 3.8) is 0 Å². The number of aryl methyl sites for hydroxylation is 1. The molecule has 0 unspecified atom stereocenters. The molecule has 2 aromatic carbocycles. The number of likely N-dealkylation sites (N-methyl/N-ethyl adjacent to an activating group) is 1. The number of aromatic nitrogens is 3. The molecule has 0 radical (unpaired) electrons. The van der Waals surface area contributed by atoms with Gasteiger partial charge in [0.1, 0.15) is 5.82 Å². The van der Waals surface area contributed by atoms with Gasteiger partial charge in [-0.05, 0) is 93.4 Å². The van der Waals surface area contributed by atoms with Crippen molar-refractivity contribution in [1.82, 2.24) is 20.1 Å². The number of nitrogens with one attached hydrogen (secondary N) is 1. The van der Waals surface area contributed by atoms with Crippen LogP contribution in [-0.4, -0.2) is 53.8 Å². The van der Waals surface area contributed by atoms with Crippen LogP contribution in [0.15, 0.2) is 36.4 Å². The van der Waals surface area contributed by atoms with Crippen molar-refractivity contribution in [2.45, 2.75) is 50.9 Å². The van der Waals surface area contributed by atoms with Crippen LogP contribution in [0.1, 0.15) is 65.6 Å².